The predicted octanol–water partition coefficient (Wildman–Crippen LogP) is 2.71. The van der Waals surface area contributed by atoms with Crippen LogP contribution in [0.3, 0.4) is 0 Å². The van der Waals surface area contributed by atoms with Crippen LogP contribution >= 0.6 is 0 Å². The molecule has 2 N–H and O–H groups in total. The Morgan fingerprint density at radius 2 is 1.93 bits per heavy atom. The summed E-state index contributed by atoms with van der Waals surface area (Å²) in [6.07, 6.45) is -1.46. The number of esters is 1. The monoisotopic (exact) mass is 372 g/mol. The van der Waals surface area contributed by atoms with Gasteiger partial charge in [-0.05, 0) is 24.1 Å². The lowest BCUT2D eigenvalue weighted by atomic mass is 9.88. The number of ether oxygens (including phenoxy) is 3. The topological polar surface area (TPSA) is 102 Å². The van der Waals surface area contributed by atoms with Crippen molar-refractivity contribution in [3.8, 4) is 11.5 Å². The summed E-state index contributed by atoms with van der Waals surface area (Å²) in [4.78, 5) is 23.8. The van der Waals surface area contributed by atoms with E-state index in [4.69, 9.17) is 14.2 Å². The number of methoxy groups -OCH3 is 1. The van der Waals surface area contributed by atoms with Gasteiger partial charge >= 0.3 is 11.9 Å². The van der Waals surface area contributed by atoms with E-state index in [1.54, 1.807) is 0 Å². The van der Waals surface area contributed by atoms with Crippen LogP contribution in [-0.2, 0) is 16.1 Å². The van der Waals surface area contributed by atoms with Crippen molar-refractivity contribution in [2.24, 2.45) is 0 Å². The van der Waals surface area contributed by atoms with Crippen molar-refractivity contribution in [3.63, 3.8) is 0 Å². The predicted molar refractivity (Wildman–Crippen MR) is 94.8 cm³/mol. The lowest BCUT2D eigenvalue weighted by molar-refractivity contribution is -0.172. The van der Waals surface area contributed by atoms with Crippen molar-refractivity contribution in [2.45, 2.75) is 31.7 Å². The maximum Gasteiger partial charge on any atom is 0.340 e. The van der Waals surface area contributed by atoms with E-state index in [0.29, 0.717) is 11.5 Å². The Morgan fingerprint density at radius 1 is 1.22 bits per heavy atom. The molecule has 7 heteroatoms. The molecule has 0 saturated carbocycles. The summed E-state index contributed by atoms with van der Waals surface area (Å²) in [5.74, 6) is -1.53. The summed E-state index contributed by atoms with van der Waals surface area (Å²) in [7, 11) is 1.44. The zero-order valence-corrected chi connectivity index (χ0v) is 15.0. The molecule has 1 aliphatic heterocycles. The first-order valence-corrected chi connectivity index (χ1v) is 8.46. The number of benzene rings is 2. The lowest BCUT2D eigenvalue weighted by Gasteiger charge is -2.27. The number of carboxylic acids is 1. The highest BCUT2D eigenvalue weighted by molar-refractivity contribution is 5.96. The van der Waals surface area contributed by atoms with Gasteiger partial charge < -0.3 is 24.4 Å². The van der Waals surface area contributed by atoms with E-state index < -0.39 is 23.6 Å². The number of carbonyl (C=O) groups is 2. The Morgan fingerprint density at radius 3 is 2.52 bits per heavy atom. The van der Waals surface area contributed by atoms with Crippen LogP contribution in [0.4, 0.5) is 0 Å². The maximum atomic E-state index is 12.2. The van der Waals surface area contributed by atoms with Gasteiger partial charge in [0.2, 0.25) is 5.60 Å². The third-order valence-corrected chi connectivity index (χ3v) is 4.64. The summed E-state index contributed by atoms with van der Waals surface area (Å²) in [5, 5.41) is 20.0. The van der Waals surface area contributed by atoms with Crippen molar-refractivity contribution in [2.75, 3.05) is 7.11 Å². The smallest absolute Gasteiger partial charge is 0.340 e. The van der Waals surface area contributed by atoms with Gasteiger partial charge in [-0.2, -0.15) is 0 Å². The molecule has 0 spiro atoms. The molecule has 2 aromatic rings. The minimum atomic E-state index is -2.23. The molecular weight excluding hydrogens is 352 g/mol. The zero-order valence-electron chi connectivity index (χ0n) is 15.0. The van der Waals surface area contributed by atoms with E-state index in [1.807, 2.05) is 30.3 Å². The summed E-state index contributed by atoms with van der Waals surface area (Å²) in [6.45, 7) is 1.77. The van der Waals surface area contributed by atoms with Crippen LogP contribution in [0, 0.1) is 0 Å². The number of hydrogen-bond donors (Lipinski definition) is 2. The molecule has 2 atom stereocenters. The van der Waals surface area contributed by atoms with Crippen molar-refractivity contribution in [1.82, 2.24) is 0 Å². The minimum absolute atomic E-state index is 0.133. The number of carbonyl (C=O) groups excluding carboxylic acids is 1. The van der Waals surface area contributed by atoms with Crippen molar-refractivity contribution < 1.29 is 34.0 Å². The number of rotatable bonds is 7. The average Bonchev–Trinajstić information content (AvgIpc) is 3.01. The normalized spacial score (nSPS) is 17.6. The number of aliphatic hydroxyl groups is 1. The largest absolute Gasteiger partial charge is 0.493 e. The van der Waals surface area contributed by atoms with Crippen LogP contribution in [0.25, 0.3) is 0 Å². The van der Waals surface area contributed by atoms with Crippen molar-refractivity contribution in [1.29, 1.82) is 0 Å². The van der Waals surface area contributed by atoms with Gasteiger partial charge in [-0.25, -0.2) is 9.59 Å². The van der Waals surface area contributed by atoms with Gasteiger partial charge in [-0.3, -0.25) is 0 Å². The average molecular weight is 372 g/mol. The quantitative estimate of drug-likeness (QED) is 0.721. The Hall–Kier alpha value is -3.06. The SMILES string of the molecule is CCC(O)(C(=O)O)[C@@H]1OC(=O)c2cc(OC)c(OCc3ccccc3)cc21. The summed E-state index contributed by atoms with van der Waals surface area (Å²) in [6, 6.07) is 12.4. The molecule has 0 aliphatic carbocycles. The highest BCUT2D eigenvalue weighted by atomic mass is 16.6. The van der Waals surface area contributed by atoms with Crippen LogP contribution in [0.2, 0.25) is 0 Å². The van der Waals surface area contributed by atoms with Gasteiger partial charge in [-0.1, -0.05) is 37.3 Å². The second kappa shape index (κ2) is 7.28. The van der Waals surface area contributed by atoms with E-state index in [2.05, 4.69) is 0 Å². The maximum absolute atomic E-state index is 12.2. The molecule has 1 unspecified atom stereocenters. The van der Waals surface area contributed by atoms with Crippen LogP contribution in [0.1, 0.15) is 40.9 Å². The van der Waals surface area contributed by atoms with Gasteiger partial charge in [0.05, 0.1) is 12.7 Å². The molecule has 27 heavy (non-hydrogen) atoms. The van der Waals surface area contributed by atoms with Crippen LogP contribution in [-0.4, -0.2) is 34.9 Å². The molecule has 0 saturated heterocycles. The molecule has 142 valence electrons. The summed E-state index contributed by atoms with van der Waals surface area (Å²) in [5.41, 5.74) is -0.890. The van der Waals surface area contributed by atoms with Gasteiger partial charge in [0.15, 0.2) is 17.6 Å². The number of hydrogen-bond acceptors (Lipinski definition) is 6. The standard InChI is InChI=1S/C20H20O7/c1-3-20(24,19(22)23)17-13-9-16(26-11-12-7-5-4-6-8-12)15(25-2)10-14(13)18(21)27-17/h4-10,17,24H,3,11H2,1-2H3,(H,22,23)/t17-,20?/m1/s1. The zero-order chi connectivity index (χ0) is 19.6. The van der Waals surface area contributed by atoms with E-state index >= 15 is 0 Å². The number of fused-ring (bicyclic) bond motifs is 1. The highest BCUT2D eigenvalue weighted by Crippen LogP contribution is 2.44. The first kappa shape index (κ1) is 18.7. The lowest BCUT2D eigenvalue weighted by Crippen LogP contribution is -2.44. The van der Waals surface area contributed by atoms with Crippen molar-refractivity contribution >= 4 is 11.9 Å². The van der Waals surface area contributed by atoms with Gasteiger partial charge in [0.1, 0.15) is 6.61 Å². The Labute approximate surface area is 156 Å². The molecule has 0 fully saturated rings. The van der Waals surface area contributed by atoms with Crippen LogP contribution in [0.5, 0.6) is 11.5 Å². The molecule has 1 heterocycles. The Bertz CT molecular complexity index is 862. The second-order valence-electron chi connectivity index (χ2n) is 6.23. The number of carboxylic acid groups (broad SMARTS) is 1. The fraction of sp³-hybridized carbons (Fsp3) is 0.300. The van der Waals surface area contributed by atoms with E-state index in [9.17, 15) is 19.8 Å². The third-order valence-electron chi connectivity index (χ3n) is 4.64. The van der Waals surface area contributed by atoms with E-state index in [1.165, 1.54) is 26.2 Å². The van der Waals surface area contributed by atoms with Gasteiger partial charge in [-0.15, -0.1) is 0 Å². The second-order valence-corrected chi connectivity index (χ2v) is 6.23. The fourth-order valence-corrected chi connectivity index (χ4v) is 3.01. The van der Waals surface area contributed by atoms with Crippen LogP contribution < -0.4 is 9.47 Å². The molecule has 1 aliphatic rings. The Balaban J connectivity index is 1.99. The van der Waals surface area contributed by atoms with E-state index in [0.717, 1.165) is 5.56 Å². The molecule has 2 aromatic carbocycles. The molecular formula is C20H20O7. The minimum Gasteiger partial charge on any atom is -0.493 e. The molecule has 0 bridgehead atoms. The molecule has 0 aromatic heterocycles. The Kier molecular flexibility index (Phi) is 5.05. The first-order chi connectivity index (χ1) is 12.9. The molecule has 0 amide bonds. The van der Waals surface area contributed by atoms with Gasteiger partial charge in [0.25, 0.3) is 0 Å². The number of cyclic esters (lactones) is 1. The fourth-order valence-electron chi connectivity index (χ4n) is 3.01. The number of aliphatic carboxylic acids is 1. The summed E-state index contributed by atoms with van der Waals surface area (Å²) < 4.78 is 16.3. The summed E-state index contributed by atoms with van der Waals surface area (Å²) >= 11 is 0. The van der Waals surface area contributed by atoms with E-state index in [-0.39, 0.29) is 24.2 Å². The molecule has 3 rings (SSSR count). The van der Waals surface area contributed by atoms with Crippen molar-refractivity contribution in [3.05, 3.63) is 59.2 Å². The molecule has 0 radical (unpaired) electrons. The molecule has 7 nitrogen and oxygen atoms in total. The highest BCUT2D eigenvalue weighted by Gasteiger charge is 2.51. The first-order valence-electron chi connectivity index (χ1n) is 8.46. The third kappa shape index (κ3) is 3.33. The van der Waals surface area contributed by atoms with Crippen LogP contribution in [0.15, 0.2) is 42.5 Å². The van der Waals surface area contributed by atoms with Gasteiger partial charge in [0, 0.05) is 5.56 Å².